The molecule has 13 heavy (non-hydrogen) atoms. The van der Waals surface area contributed by atoms with Gasteiger partial charge >= 0.3 is 0 Å². The van der Waals surface area contributed by atoms with E-state index in [9.17, 15) is 22.0 Å². The summed E-state index contributed by atoms with van der Waals surface area (Å²) in [6, 6.07) is 0. The van der Waals surface area contributed by atoms with Gasteiger partial charge in [-0.25, -0.2) is 13.2 Å². The zero-order valence-corrected chi connectivity index (χ0v) is 7.83. The topological polar surface area (TPSA) is 9.23 Å². The van der Waals surface area contributed by atoms with Crippen LogP contribution in [-0.4, -0.2) is 0 Å². The Morgan fingerprint density at radius 3 is 1.31 bits per heavy atom. The Morgan fingerprint density at radius 1 is 0.692 bits per heavy atom. The molecule has 0 fully saturated rings. The van der Waals surface area contributed by atoms with Crippen LogP contribution in [0.5, 0.6) is 5.75 Å². The average Bonchev–Trinajstić information content (AvgIpc) is 2.13. The molecule has 0 N–H and O–H groups in total. The van der Waals surface area contributed by atoms with Crippen molar-refractivity contribution >= 4 is 23.0 Å². The van der Waals surface area contributed by atoms with E-state index in [4.69, 9.17) is 0 Å². The second-order valence-corrected chi connectivity index (χ2v) is 2.42. The number of halogens is 6. The van der Waals surface area contributed by atoms with Crippen LogP contribution in [0.1, 0.15) is 0 Å². The Labute approximate surface area is 83.2 Å². The van der Waals surface area contributed by atoms with Gasteiger partial charge in [-0.1, -0.05) is 0 Å². The van der Waals surface area contributed by atoms with Crippen molar-refractivity contribution in [2.45, 2.75) is 0 Å². The summed E-state index contributed by atoms with van der Waals surface area (Å²) in [7, 11) is 0. The number of rotatable bonds is 1. The highest BCUT2D eigenvalue weighted by atomic mass is 127. The molecule has 0 heterocycles. The summed E-state index contributed by atoms with van der Waals surface area (Å²) >= 11 is 1.01. The lowest BCUT2D eigenvalue weighted by Gasteiger charge is -2.03. The van der Waals surface area contributed by atoms with E-state index < -0.39 is 34.8 Å². The number of hydrogen-bond acceptors (Lipinski definition) is 1. The summed E-state index contributed by atoms with van der Waals surface area (Å²) in [6.07, 6.45) is 0. The van der Waals surface area contributed by atoms with E-state index in [2.05, 4.69) is 3.07 Å². The van der Waals surface area contributed by atoms with E-state index in [-0.39, 0.29) is 0 Å². The second-order valence-electron chi connectivity index (χ2n) is 1.98. The minimum absolute atomic E-state index is 1.01. The summed E-state index contributed by atoms with van der Waals surface area (Å²) < 4.78 is 66.1. The molecule has 0 aliphatic heterocycles. The molecule has 0 spiro atoms. The highest BCUT2D eigenvalue weighted by Gasteiger charge is 2.26. The maximum absolute atomic E-state index is 12.6. The van der Waals surface area contributed by atoms with Gasteiger partial charge in [0.25, 0.3) is 0 Å². The maximum atomic E-state index is 12.6. The molecule has 0 aromatic heterocycles. The first-order chi connectivity index (χ1) is 6.00. The molecule has 0 unspecified atom stereocenters. The minimum atomic E-state index is -2.20. The van der Waals surface area contributed by atoms with Crippen LogP contribution in [0.4, 0.5) is 22.0 Å². The minimum Gasteiger partial charge on any atom is -0.421 e. The van der Waals surface area contributed by atoms with Crippen LogP contribution in [0.2, 0.25) is 0 Å². The van der Waals surface area contributed by atoms with Gasteiger partial charge in [0, 0.05) is 0 Å². The first-order valence-electron chi connectivity index (χ1n) is 2.80. The van der Waals surface area contributed by atoms with Crippen molar-refractivity contribution < 1.29 is 25.0 Å². The molecule has 1 aromatic rings. The van der Waals surface area contributed by atoms with E-state index in [1.807, 2.05) is 0 Å². The lowest BCUT2D eigenvalue weighted by Crippen LogP contribution is -2.02. The fraction of sp³-hybridized carbons (Fsp3) is 0. The van der Waals surface area contributed by atoms with Gasteiger partial charge in [0.15, 0.2) is 23.0 Å². The van der Waals surface area contributed by atoms with E-state index in [1.54, 1.807) is 0 Å². The predicted molar refractivity (Wildman–Crippen MR) is 40.9 cm³/mol. The third-order valence-electron chi connectivity index (χ3n) is 1.25. The molecule has 0 radical (unpaired) electrons. The van der Waals surface area contributed by atoms with Crippen molar-refractivity contribution in [1.29, 1.82) is 0 Å². The Kier molecular flexibility index (Phi) is 2.94. The van der Waals surface area contributed by atoms with Gasteiger partial charge in [-0.15, -0.1) is 0 Å². The summed E-state index contributed by atoms with van der Waals surface area (Å²) in [6.45, 7) is 0. The van der Waals surface area contributed by atoms with E-state index in [0.29, 0.717) is 0 Å². The fourth-order valence-electron chi connectivity index (χ4n) is 0.652. The van der Waals surface area contributed by atoms with Gasteiger partial charge < -0.3 is 3.07 Å². The van der Waals surface area contributed by atoms with Crippen molar-refractivity contribution in [2.24, 2.45) is 0 Å². The molecule has 1 rings (SSSR count). The number of benzene rings is 1. The molecule has 7 heteroatoms. The second kappa shape index (κ2) is 3.64. The van der Waals surface area contributed by atoms with Gasteiger partial charge in [0.05, 0.1) is 0 Å². The Bertz CT molecular complexity index is 324. The maximum Gasteiger partial charge on any atom is 0.211 e. The summed E-state index contributed by atoms with van der Waals surface area (Å²) in [5, 5.41) is 0. The van der Waals surface area contributed by atoms with Gasteiger partial charge in [-0.05, 0) is 0 Å². The largest absolute Gasteiger partial charge is 0.421 e. The highest BCUT2D eigenvalue weighted by molar-refractivity contribution is 14.1. The third-order valence-corrected chi connectivity index (χ3v) is 1.69. The van der Waals surface area contributed by atoms with Crippen LogP contribution >= 0.6 is 23.0 Å². The van der Waals surface area contributed by atoms with Crippen molar-refractivity contribution in [3.8, 4) is 5.75 Å². The monoisotopic (exact) mass is 310 g/mol. The van der Waals surface area contributed by atoms with E-state index in [0.717, 1.165) is 23.0 Å². The van der Waals surface area contributed by atoms with Crippen LogP contribution in [0.3, 0.4) is 0 Å². The molecule has 1 nitrogen and oxygen atoms in total. The van der Waals surface area contributed by atoms with Gasteiger partial charge in [0.1, 0.15) is 0 Å². The van der Waals surface area contributed by atoms with Crippen molar-refractivity contribution in [3.05, 3.63) is 29.1 Å². The van der Waals surface area contributed by atoms with Gasteiger partial charge in [-0.2, -0.15) is 8.78 Å². The van der Waals surface area contributed by atoms with Crippen molar-refractivity contribution in [3.63, 3.8) is 0 Å². The normalized spacial score (nSPS) is 10.3. The van der Waals surface area contributed by atoms with Crippen LogP contribution in [-0.2, 0) is 0 Å². The van der Waals surface area contributed by atoms with Crippen LogP contribution in [0, 0.1) is 29.1 Å². The molecule has 0 saturated carbocycles. The molecule has 0 aliphatic carbocycles. The highest BCUT2D eigenvalue weighted by Crippen LogP contribution is 2.29. The van der Waals surface area contributed by atoms with E-state index in [1.165, 1.54) is 0 Å². The molecule has 0 amide bonds. The van der Waals surface area contributed by atoms with Crippen LogP contribution in [0.25, 0.3) is 0 Å². The predicted octanol–water partition coefficient (Wildman–Crippen LogP) is 3.11. The molecular weight excluding hydrogens is 310 g/mol. The zero-order valence-electron chi connectivity index (χ0n) is 5.68. The fourth-order valence-corrected chi connectivity index (χ4v) is 1.04. The first-order valence-corrected chi connectivity index (χ1v) is 3.68. The van der Waals surface area contributed by atoms with Crippen LogP contribution < -0.4 is 3.07 Å². The smallest absolute Gasteiger partial charge is 0.211 e. The quantitative estimate of drug-likeness (QED) is 0.335. The number of hydrogen-bond donors (Lipinski definition) is 0. The van der Waals surface area contributed by atoms with Crippen LogP contribution in [0.15, 0.2) is 0 Å². The van der Waals surface area contributed by atoms with Crippen molar-refractivity contribution in [2.75, 3.05) is 0 Å². The first kappa shape index (κ1) is 10.5. The summed E-state index contributed by atoms with van der Waals surface area (Å²) in [5.74, 6) is -11.5. The lowest BCUT2D eigenvalue weighted by atomic mass is 10.3. The van der Waals surface area contributed by atoms with Gasteiger partial charge in [-0.3, -0.25) is 0 Å². The summed E-state index contributed by atoms with van der Waals surface area (Å²) in [5.41, 5.74) is 0. The third kappa shape index (κ3) is 1.56. The molecule has 0 bridgehead atoms. The molecule has 0 saturated heterocycles. The lowest BCUT2D eigenvalue weighted by molar-refractivity contribution is 0.360. The Hall–Kier alpha value is -0.600. The molecule has 1 aromatic carbocycles. The Morgan fingerprint density at radius 2 is 1.00 bits per heavy atom. The molecule has 72 valence electrons. The SMILES string of the molecule is Fc1c(F)c(F)c(OI)c(F)c1F. The zero-order chi connectivity index (χ0) is 10.2. The molecule has 0 aliphatic rings. The van der Waals surface area contributed by atoms with Gasteiger partial charge in [0.2, 0.25) is 34.8 Å². The average molecular weight is 310 g/mol. The summed E-state index contributed by atoms with van der Waals surface area (Å²) in [4.78, 5) is 0. The van der Waals surface area contributed by atoms with E-state index >= 15 is 0 Å². The molecule has 0 atom stereocenters. The molecular formula is C6F5IO. The standard InChI is InChI=1S/C6F5IO/c7-1-2(8)4(10)6(13-12)5(11)3(1)9. The van der Waals surface area contributed by atoms with Crippen molar-refractivity contribution in [1.82, 2.24) is 0 Å². The Balaban J connectivity index is 3.56.